The van der Waals surface area contributed by atoms with Crippen LogP contribution in [0.3, 0.4) is 0 Å². The lowest BCUT2D eigenvalue weighted by Crippen LogP contribution is -2.28. The molecule has 37 heavy (non-hydrogen) atoms. The average Bonchev–Trinajstić information content (AvgIpc) is 3.19. The van der Waals surface area contributed by atoms with Gasteiger partial charge in [-0.3, -0.25) is 9.52 Å². The molecule has 0 amide bonds. The smallest absolute Gasteiger partial charge is 0.418 e. The summed E-state index contributed by atoms with van der Waals surface area (Å²) in [6, 6.07) is 12.5. The van der Waals surface area contributed by atoms with Crippen LogP contribution in [0.15, 0.2) is 59.6 Å². The molecule has 3 heterocycles. The third-order valence-corrected chi connectivity index (χ3v) is 7.54. The first-order chi connectivity index (χ1) is 17.3. The molecule has 1 aromatic carbocycles. The number of halogens is 3. The second-order valence-electron chi connectivity index (χ2n) is 9.40. The Morgan fingerprint density at radius 2 is 1.84 bits per heavy atom. The molecule has 0 spiro atoms. The number of carbonyl (C=O) groups is 1. The van der Waals surface area contributed by atoms with Crippen molar-refractivity contribution in [2.45, 2.75) is 37.9 Å². The van der Waals surface area contributed by atoms with Crippen molar-refractivity contribution in [2.75, 3.05) is 22.7 Å². The van der Waals surface area contributed by atoms with Gasteiger partial charge in [0.2, 0.25) is 0 Å². The fourth-order valence-electron chi connectivity index (χ4n) is 4.44. The predicted octanol–water partition coefficient (Wildman–Crippen LogP) is 4.96. The quantitative estimate of drug-likeness (QED) is 0.440. The molecular formula is C25H25F3N4O4S. The minimum Gasteiger partial charge on any atom is -0.481 e. The number of aromatic nitrogens is 2. The van der Waals surface area contributed by atoms with Crippen molar-refractivity contribution < 1.29 is 31.5 Å². The Morgan fingerprint density at radius 1 is 1.11 bits per heavy atom. The molecule has 4 rings (SSSR count). The summed E-state index contributed by atoms with van der Waals surface area (Å²) in [5.74, 6) is -0.835. The summed E-state index contributed by atoms with van der Waals surface area (Å²) in [6.45, 7) is 4.40. The molecule has 1 aliphatic heterocycles. The van der Waals surface area contributed by atoms with E-state index in [0.717, 1.165) is 12.1 Å². The van der Waals surface area contributed by atoms with Crippen molar-refractivity contribution in [1.29, 1.82) is 0 Å². The Morgan fingerprint density at radius 3 is 2.51 bits per heavy atom. The number of carboxylic acid groups (broad SMARTS) is 1. The molecule has 0 bridgehead atoms. The van der Waals surface area contributed by atoms with Gasteiger partial charge in [0, 0.05) is 18.7 Å². The molecule has 2 N–H and O–H groups in total. The highest BCUT2D eigenvalue weighted by Gasteiger charge is 2.37. The summed E-state index contributed by atoms with van der Waals surface area (Å²) in [4.78, 5) is 21.3. The monoisotopic (exact) mass is 534 g/mol. The minimum atomic E-state index is -4.69. The first kappa shape index (κ1) is 26.4. The topological polar surface area (TPSA) is 112 Å². The van der Waals surface area contributed by atoms with Crippen LogP contribution in [-0.2, 0) is 21.0 Å². The molecule has 1 atom stereocenters. The van der Waals surface area contributed by atoms with E-state index in [0.29, 0.717) is 30.9 Å². The molecule has 12 heteroatoms. The third-order valence-electron chi connectivity index (χ3n) is 6.28. The van der Waals surface area contributed by atoms with Gasteiger partial charge in [-0.25, -0.2) is 9.97 Å². The Kier molecular flexibility index (Phi) is 6.89. The summed E-state index contributed by atoms with van der Waals surface area (Å²) < 4.78 is 69.5. The van der Waals surface area contributed by atoms with Crippen LogP contribution in [0.4, 0.5) is 24.8 Å². The minimum absolute atomic E-state index is 0.0220. The molecule has 2 aromatic heterocycles. The van der Waals surface area contributed by atoms with Crippen LogP contribution >= 0.6 is 0 Å². The number of sulfonamides is 1. The van der Waals surface area contributed by atoms with Crippen LogP contribution in [0.25, 0.3) is 11.3 Å². The zero-order valence-electron chi connectivity index (χ0n) is 20.1. The SMILES string of the molecule is Cc1ccccc1-c1nc(NS(=O)(=O)c2cccc(N3CCC(C)(CC(=O)O)C3)n2)ccc1C(F)(F)F. The number of nitrogens with zero attached hydrogens (tertiary/aromatic N) is 3. The van der Waals surface area contributed by atoms with Gasteiger partial charge < -0.3 is 10.0 Å². The Bertz CT molecular complexity index is 1450. The number of carboxylic acids is 1. The van der Waals surface area contributed by atoms with Gasteiger partial charge in [-0.15, -0.1) is 0 Å². The maximum absolute atomic E-state index is 13.7. The van der Waals surface area contributed by atoms with Gasteiger partial charge in [0.05, 0.1) is 17.7 Å². The summed E-state index contributed by atoms with van der Waals surface area (Å²) in [5.41, 5.74) is -1.06. The van der Waals surface area contributed by atoms with Crippen molar-refractivity contribution in [1.82, 2.24) is 9.97 Å². The maximum Gasteiger partial charge on any atom is 0.418 e. The molecule has 1 aliphatic rings. The van der Waals surface area contributed by atoms with Crippen LogP contribution < -0.4 is 9.62 Å². The second-order valence-corrected chi connectivity index (χ2v) is 11.0. The van der Waals surface area contributed by atoms with Crippen molar-refractivity contribution in [3.05, 3.63) is 65.7 Å². The molecule has 8 nitrogen and oxygen atoms in total. The van der Waals surface area contributed by atoms with Gasteiger partial charge >= 0.3 is 12.1 Å². The molecule has 3 aromatic rings. The standard InChI is InChI=1S/C25H25F3N4O4S/c1-16-6-3-4-7-17(16)23-18(25(26,27)28)10-11-19(29-23)31-37(35,36)21-9-5-8-20(30-21)32-13-12-24(2,15-32)14-22(33)34/h3-11H,12-15H2,1-2H3,(H,29,31)(H,33,34). The van der Waals surface area contributed by atoms with E-state index in [2.05, 4.69) is 14.7 Å². The lowest BCUT2D eigenvalue weighted by Gasteiger charge is -2.23. The first-order valence-electron chi connectivity index (χ1n) is 11.4. The first-order valence-corrected chi connectivity index (χ1v) is 12.9. The van der Waals surface area contributed by atoms with E-state index in [4.69, 9.17) is 5.11 Å². The van der Waals surface area contributed by atoms with Crippen molar-refractivity contribution in [3.8, 4) is 11.3 Å². The van der Waals surface area contributed by atoms with Crippen LogP contribution in [0.2, 0.25) is 0 Å². The van der Waals surface area contributed by atoms with Gasteiger partial charge in [-0.2, -0.15) is 21.6 Å². The van der Waals surface area contributed by atoms with E-state index in [1.165, 1.54) is 18.2 Å². The number of aryl methyl sites for hydroxylation is 1. The van der Waals surface area contributed by atoms with Crippen molar-refractivity contribution in [3.63, 3.8) is 0 Å². The highest BCUT2D eigenvalue weighted by molar-refractivity contribution is 7.92. The molecule has 1 fully saturated rings. The number of pyridine rings is 2. The number of hydrogen-bond acceptors (Lipinski definition) is 6. The van der Waals surface area contributed by atoms with Crippen LogP contribution in [0, 0.1) is 12.3 Å². The Balaban J connectivity index is 1.64. The van der Waals surface area contributed by atoms with Gasteiger partial charge in [0.15, 0.2) is 5.03 Å². The zero-order valence-corrected chi connectivity index (χ0v) is 20.9. The number of anilines is 2. The number of alkyl halides is 3. The van der Waals surface area contributed by atoms with E-state index in [-0.39, 0.29) is 28.5 Å². The second kappa shape index (κ2) is 9.66. The van der Waals surface area contributed by atoms with E-state index >= 15 is 0 Å². The highest BCUT2D eigenvalue weighted by Crippen LogP contribution is 2.38. The predicted molar refractivity (Wildman–Crippen MR) is 132 cm³/mol. The van der Waals surface area contributed by atoms with Gasteiger partial charge in [0.1, 0.15) is 11.6 Å². The van der Waals surface area contributed by atoms with Crippen LogP contribution in [0.5, 0.6) is 0 Å². The van der Waals surface area contributed by atoms with Crippen LogP contribution in [0.1, 0.15) is 30.9 Å². The molecule has 196 valence electrons. The Hall–Kier alpha value is -3.67. The normalized spacial score (nSPS) is 18.1. The number of hydrogen-bond donors (Lipinski definition) is 2. The number of aliphatic carboxylic acids is 1. The van der Waals surface area contributed by atoms with Crippen LogP contribution in [-0.4, -0.2) is 42.6 Å². The lowest BCUT2D eigenvalue weighted by atomic mass is 9.86. The van der Waals surface area contributed by atoms with Gasteiger partial charge in [0.25, 0.3) is 10.0 Å². The Labute approximate surface area is 212 Å². The van der Waals surface area contributed by atoms with E-state index < -0.39 is 33.1 Å². The summed E-state index contributed by atoms with van der Waals surface area (Å²) >= 11 is 0. The fourth-order valence-corrected chi connectivity index (χ4v) is 5.40. The van der Waals surface area contributed by atoms with E-state index in [1.54, 1.807) is 31.2 Å². The maximum atomic E-state index is 13.7. The fraction of sp³-hybridized carbons (Fsp3) is 0.320. The number of nitrogens with one attached hydrogen (secondary N) is 1. The van der Waals surface area contributed by atoms with E-state index in [1.807, 2.05) is 11.8 Å². The lowest BCUT2D eigenvalue weighted by molar-refractivity contribution is -0.139. The summed E-state index contributed by atoms with van der Waals surface area (Å²) in [5, 5.41) is 8.83. The molecular weight excluding hydrogens is 509 g/mol. The van der Waals surface area contributed by atoms with Crippen molar-refractivity contribution in [2.24, 2.45) is 5.41 Å². The number of benzene rings is 1. The van der Waals surface area contributed by atoms with Gasteiger partial charge in [-0.05, 0) is 48.6 Å². The highest BCUT2D eigenvalue weighted by atomic mass is 32.2. The summed E-state index contributed by atoms with van der Waals surface area (Å²) in [7, 11) is -4.30. The van der Waals surface area contributed by atoms with E-state index in [9.17, 15) is 26.4 Å². The third kappa shape index (κ3) is 5.85. The average molecular weight is 535 g/mol. The number of rotatable bonds is 7. The largest absolute Gasteiger partial charge is 0.481 e. The molecule has 0 aliphatic carbocycles. The summed E-state index contributed by atoms with van der Waals surface area (Å²) in [6.07, 6.45) is -4.11. The zero-order chi connectivity index (χ0) is 27.0. The molecule has 1 saturated heterocycles. The van der Waals surface area contributed by atoms with Crippen molar-refractivity contribution >= 4 is 27.6 Å². The van der Waals surface area contributed by atoms with Gasteiger partial charge in [-0.1, -0.05) is 37.3 Å². The molecule has 0 saturated carbocycles. The molecule has 1 unspecified atom stereocenters. The molecule has 0 radical (unpaired) electrons.